The third-order valence-electron chi connectivity index (χ3n) is 3.63. The van der Waals surface area contributed by atoms with Crippen LogP contribution in [-0.4, -0.2) is 23.7 Å². The van der Waals surface area contributed by atoms with Crippen molar-refractivity contribution in [2.75, 3.05) is 6.61 Å². The summed E-state index contributed by atoms with van der Waals surface area (Å²) in [4.78, 5) is 3.99. The molecule has 0 radical (unpaired) electrons. The molecule has 4 heteroatoms. The lowest BCUT2D eigenvalue weighted by Crippen LogP contribution is -2.37. The summed E-state index contributed by atoms with van der Waals surface area (Å²) >= 11 is 6.09. The molecule has 0 bridgehead atoms. The zero-order valence-electron chi connectivity index (χ0n) is 9.73. The Hall–Kier alpha value is -0.640. The average Bonchev–Trinajstić information content (AvgIpc) is 3.08. The molecule has 2 unspecified atom stereocenters. The van der Waals surface area contributed by atoms with E-state index in [-0.39, 0.29) is 0 Å². The molecule has 2 fully saturated rings. The second-order valence-corrected chi connectivity index (χ2v) is 5.32. The van der Waals surface area contributed by atoms with Crippen molar-refractivity contribution in [2.24, 2.45) is 5.92 Å². The number of halogens is 1. The van der Waals surface area contributed by atoms with E-state index in [1.807, 2.05) is 6.07 Å². The first-order valence-corrected chi connectivity index (χ1v) is 6.66. The quantitative estimate of drug-likeness (QED) is 0.894. The van der Waals surface area contributed by atoms with Crippen LogP contribution in [0.25, 0.3) is 0 Å². The molecule has 2 atom stereocenters. The fourth-order valence-corrected chi connectivity index (χ4v) is 2.69. The number of aromatic nitrogens is 1. The topological polar surface area (TPSA) is 34.2 Å². The van der Waals surface area contributed by atoms with Gasteiger partial charge in [0, 0.05) is 31.6 Å². The van der Waals surface area contributed by atoms with Crippen molar-refractivity contribution < 1.29 is 4.74 Å². The number of hydrogen-bond acceptors (Lipinski definition) is 3. The van der Waals surface area contributed by atoms with E-state index >= 15 is 0 Å². The van der Waals surface area contributed by atoms with Crippen molar-refractivity contribution >= 4 is 11.6 Å². The molecule has 1 saturated carbocycles. The molecule has 0 aromatic carbocycles. The van der Waals surface area contributed by atoms with Crippen LogP contribution in [0.3, 0.4) is 0 Å². The van der Waals surface area contributed by atoms with E-state index in [2.05, 4.69) is 10.3 Å². The van der Waals surface area contributed by atoms with Gasteiger partial charge in [-0.05, 0) is 36.8 Å². The van der Waals surface area contributed by atoms with Crippen molar-refractivity contribution in [1.29, 1.82) is 0 Å². The molecule has 0 spiro atoms. The lowest BCUT2D eigenvalue weighted by molar-refractivity contribution is 0.0809. The summed E-state index contributed by atoms with van der Waals surface area (Å²) in [6.45, 7) is 1.70. The highest BCUT2D eigenvalue weighted by molar-refractivity contribution is 6.31. The van der Waals surface area contributed by atoms with Gasteiger partial charge in [-0.15, -0.1) is 0 Å². The Morgan fingerprint density at radius 2 is 2.29 bits per heavy atom. The number of rotatable bonds is 4. The first-order chi connectivity index (χ1) is 8.34. The van der Waals surface area contributed by atoms with Crippen molar-refractivity contribution in [1.82, 2.24) is 10.3 Å². The van der Waals surface area contributed by atoms with Gasteiger partial charge < -0.3 is 10.1 Å². The van der Waals surface area contributed by atoms with Crippen molar-refractivity contribution in [3.05, 3.63) is 29.0 Å². The maximum atomic E-state index is 6.09. The molecule has 1 saturated heterocycles. The average molecular weight is 253 g/mol. The normalized spacial score (nSPS) is 28.5. The summed E-state index contributed by atoms with van der Waals surface area (Å²) in [5, 5.41) is 4.31. The molecule has 2 heterocycles. The van der Waals surface area contributed by atoms with Crippen LogP contribution in [0.2, 0.25) is 5.02 Å². The third-order valence-corrected chi connectivity index (χ3v) is 3.97. The zero-order valence-corrected chi connectivity index (χ0v) is 10.5. The molecule has 1 aliphatic carbocycles. The van der Waals surface area contributed by atoms with Crippen LogP contribution < -0.4 is 5.32 Å². The summed E-state index contributed by atoms with van der Waals surface area (Å²) in [5.41, 5.74) is 1.11. The molecule has 3 rings (SSSR count). The van der Waals surface area contributed by atoms with E-state index in [0.29, 0.717) is 12.1 Å². The van der Waals surface area contributed by atoms with Gasteiger partial charge in [-0.2, -0.15) is 0 Å². The molecule has 17 heavy (non-hydrogen) atoms. The minimum atomic E-state index is 0.426. The standard InChI is InChI=1S/C13H17ClN2O/c14-11-8-15-5-3-10(11)7-16-12-4-6-17-13(12)9-1-2-9/h3,5,8-9,12-13,16H,1-2,4,6-7H2. The maximum absolute atomic E-state index is 6.09. The Morgan fingerprint density at radius 1 is 1.41 bits per heavy atom. The highest BCUT2D eigenvalue weighted by Gasteiger charge is 2.40. The Balaban J connectivity index is 1.58. The van der Waals surface area contributed by atoms with Gasteiger partial charge in [0.2, 0.25) is 0 Å². The molecule has 1 aromatic heterocycles. The molecule has 3 nitrogen and oxygen atoms in total. The fourth-order valence-electron chi connectivity index (χ4n) is 2.51. The van der Waals surface area contributed by atoms with Crippen molar-refractivity contribution in [3.63, 3.8) is 0 Å². The summed E-state index contributed by atoms with van der Waals surface area (Å²) in [6, 6.07) is 2.46. The van der Waals surface area contributed by atoms with Gasteiger partial charge in [0.15, 0.2) is 0 Å². The lowest BCUT2D eigenvalue weighted by Gasteiger charge is -2.19. The summed E-state index contributed by atoms with van der Waals surface area (Å²) in [5.74, 6) is 0.794. The van der Waals surface area contributed by atoms with Crippen LogP contribution in [0.15, 0.2) is 18.5 Å². The molecule has 1 N–H and O–H groups in total. The minimum Gasteiger partial charge on any atom is -0.376 e. The van der Waals surface area contributed by atoms with E-state index in [1.165, 1.54) is 12.8 Å². The summed E-state index contributed by atoms with van der Waals surface area (Å²) in [7, 11) is 0. The van der Waals surface area contributed by atoms with Gasteiger partial charge in [0.05, 0.1) is 11.1 Å². The van der Waals surface area contributed by atoms with Crippen LogP contribution in [-0.2, 0) is 11.3 Å². The van der Waals surface area contributed by atoms with E-state index < -0.39 is 0 Å². The second-order valence-electron chi connectivity index (χ2n) is 4.92. The van der Waals surface area contributed by atoms with Gasteiger partial charge in [-0.3, -0.25) is 4.98 Å². The lowest BCUT2D eigenvalue weighted by atomic mass is 10.1. The largest absolute Gasteiger partial charge is 0.376 e. The Labute approximate surface area is 107 Å². The molecule has 0 amide bonds. The van der Waals surface area contributed by atoms with E-state index in [9.17, 15) is 0 Å². The first-order valence-electron chi connectivity index (χ1n) is 6.28. The van der Waals surface area contributed by atoms with Crippen LogP contribution in [0.5, 0.6) is 0 Å². The highest BCUT2D eigenvalue weighted by Crippen LogP contribution is 2.38. The maximum Gasteiger partial charge on any atom is 0.0757 e. The van der Waals surface area contributed by atoms with Crippen LogP contribution >= 0.6 is 11.6 Å². The van der Waals surface area contributed by atoms with Crippen LogP contribution in [0, 0.1) is 5.92 Å². The number of nitrogens with one attached hydrogen (secondary N) is 1. The Bertz CT molecular complexity index is 395. The van der Waals surface area contributed by atoms with Crippen molar-refractivity contribution in [3.8, 4) is 0 Å². The van der Waals surface area contributed by atoms with Gasteiger partial charge >= 0.3 is 0 Å². The van der Waals surface area contributed by atoms with Gasteiger partial charge in [-0.25, -0.2) is 0 Å². The van der Waals surface area contributed by atoms with E-state index in [4.69, 9.17) is 16.3 Å². The molecular weight excluding hydrogens is 236 g/mol. The summed E-state index contributed by atoms with van der Waals surface area (Å²) < 4.78 is 5.80. The SMILES string of the molecule is Clc1cnccc1CNC1CCOC1C1CC1. The fraction of sp³-hybridized carbons (Fsp3) is 0.615. The van der Waals surface area contributed by atoms with Gasteiger partial charge in [0.1, 0.15) is 0 Å². The molecule has 92 valence electrons. The molecule has 1 aromatic rings. The van der Waals surface area contributed by atoms with E-state index in [0.717, 1.165) is 36.1 Å². The number of pyridine rings is 1. The third kappa shape index (κ3) is 2.62. The second kappa shape index (κ2) is 4.92. The molecule has 1 aliphatic heterocycles. The Morgan fingerprint density at radius 3 is 3.06 bits per heavy atom. The number of ether oxygens (including phenoxy) is 1. The molecule has 2 aliphatic rings. The van der Waals surface area contributed by atoms with Crippen LogP contribution in [0.4, 0.5) is 0 Å². The predicted molar refractivity (Wildman–Crippen MR) is 67.0 cm³/mol. The zero-order chi connectivity index (χ0) is 11.7. The first kappa shape index (κ1) is 11.5. The smallest absolute Gasteiger partial charge is 0.0757 e. The van der Waals surface area contributed by atoms with E-state index in [1.54, 1.807) is 12.4 Å². The Kier molecular flexibility index (Phi) is 3.32. The minimum absolute atomic E-state index is 0.426. The van der Waals surface area contributed by atoms with Gasteiger partial charge in [-0.1, -0.05) is 11.6 Å². The molecular formula is C13H17ClN2O. The highest BCUT2D eigenvalue weighted by atomic mass is 35.5. The number of nitrogens with zero attached hydrogens (tertiary/aromatic N) is 1. The monoisotopic (exact) mass is 252 g/mol. The van der Waals surface area contributed by atoms with Crippen molar-refractivity contribution in [2.45, 2.75) is 38.0 Å². The summed E-state index contributed by atoms with van der Waals surface area (Å²) in [6.07, 6.45) is 7.69. The van der Waals surface area contributed by atoms with Crippen LogP contribution in [0.1, 0.15) is 24.8 Å². The predicted octanol–water partition coefficient (Wildman–Crippen LogP) is 2.39. The number of hydrogen-bond donors (Lipinski definition) is 1. The van der Waals surface area contributed by atoms with Gasteiger partial charge in [0.25, 0.3) is 0 Å².